The molecule has 1 saturated heterocycles. The van der Waals surface area contributed by atoms with Gasteiger partial charge in [0.25, 0.3) is 0 Å². The fourth-order valence-electron chi connectivity index (χ4n) is 4.34. The van der Waals surface area contributed by atoms with Crippen molar-refractivity contribution in [3.05, 3.63) is 59.9 Å². The maximum atomic E-state index is 13.0. The number of ether oxygens (including phenoxy) is 2. The van der Waals surface area contributed by atoms with Crippen LogP contribution in [0.2, 0.25) is 0 Å². The number of rotatable bonds is 7. The van der Waals surface area contributed by atoms with Crippen LogP contribution < -0.4 is 4.74 Å². The molecule has 0 radical (unpaired) electrons. The van der Waals surface area contributed by atoms with E-state index in [4.69, 9.17) is 14.5 Å². The van der Waals surface area contributed by atoms with Crippen molar-refractivity contribution in [2.45, 2.75) is 32.7 Å². The molecule has 1 aromatic heterocycles. The van der Waals surface area contributed by atoms with E-state index < -0.39 is 5.41 Å². The Labute approximate surface area is 177 Å². The van der Waals surface area contributed by atoms with Crippen molar-refractivity contribution in [1.29, 1.82) is 0 Å². The molecule has 1 N–H and O–H groups in total. The van der Waals surface area contributed by atoms with E-state index in [1.165, 1.54) is 0 Å². The molecule has 1 aliphatic rings. The lowest BCUT2D eigenvalue weighted by molar-refractivity contribution is -0.158. The number of carbonyl (C=O) groups is 1. The first-order valence-electron chi connectivity index (χ1n) is 10.6. The molecule has 30 heavy (non-hydrogen) atoms. The predicted molar refractivity (Wildman–Crippen MR) is 116 cm³/mol. The van der Waals surface area contributed by atoms with Crippen LogP contribution in [0.15, 0.2) is 48.5 Å². The van der Waals surface area contributed by atoms with Crippen molar-refractivity contribution in [3.63, 3.8) is 0 Å². The summed E-state index contributed by atoms with van der Waals surface area (Å²) in [6.45, 7) is 4.70. The average molecular weight is 408 g/mol. The number of nitrogens with one attached hydrogen (secondary N) is 1. The van der Waals surface area contributed by atoms with Crippen molar-refractivity contribution < 1.29 is 14.3 Å². The Balaban J connectivity index is 1.47. The van der Waals surface area contributed by atoms with Gasteiger partial charge in [-0.15, -0.1) is 0 Å². The summed E-state index contributed by atoms with van der Waals surface area (Å²) >= 11 is 0. The highest BCUT2D eigenvalue weighted by molar-refractivity contribution is 5.77. The van der Waals surface area contributed by atoms with Gasteiger partial charge in [0.1, 0.15) is 11.6 Å². The van der Waals surface area contributed by atoms with Gasteiger partial charge in [0, 0.05) is 0 Å². The van der Waals surface area contributed by atoms with Crippen molar-refractivity contribution in [3.8, 4) is 5.75 Å². The summed E-state index contributed by atoms with van der Waals surface area (Å²) in [4.78, 5) is 23.4. The quantitative estimate of drug-likeness (QED) is 0.601. The molecule has 6 heteroatoms. The van der Waals surface area contributed by atoms with Crippen molar-refractivity contribution in [1.82, 2.24) is 14.9 Å². The third-order valence-electron chi connectivity index (χ3n) is 6.01. The second-order valence-electron chi connectivity index (χ2n) is 8.01. The number of hydrogen-bond donors (Lipinski definition) is 1. The Hall–Kier alpha value is -2.86. The molecule has 2 heterocycles. The third kappa shape index (κ3) is 4.33. The molecular weight excluding hydrogens is 378 g/mol. The number of H-pyrrole nitrogens is 1. The van der Waals surface area contributed by atoms with Crippen LogP contribution >= 0.6 is 0 Å². The van der Waals surface area contributed by atoms with Gasteiger partial charge in [0.05, 0.1) is 36.7 Å². The molecule has 0 aliphatic carbocycles. The van der Waals surface area contributed by atoms with Gasteiger partial charge in [-0.1, -0.05) is 24.3 Å². The number of piperidine rings is 1. The van der Waals surface area contributed by atoms with E-state index in [0.29, 0.717) is 13.0 Å². The number of para-hydroxylation sites is 2. The molecule has 0 saturated carbocycles. The van der Waals surface area contributed by atoms with Crippen LogP contribution in [0.25, 0.3) is 11.0 Å². The maximum absolute atomic E-state index is 13.0. The monoisotopic (exact) mass is 407 g/mol. The zero-order chi connectivity index (χ0) is 21.0. The summed E-state index contributed by atoms with van der Waals surface area (Å²) < 4.78 is 10.9. The zero-order valence-corrected chi connectivity index (χ0v) is 17.7. The molecule has 6 nitrogen and oxygen atoms in total. The summed E-state index contributed by atoms with van der Waals surface area (Å²) in [6.07, 6.45) is 2.20. The molecule has 0 spiro atoms. The van der Waals surface area contributed by atoms with Gasteiger partial charge in [-0.25, -0.2) is 4.98 Å². The minimum atomic E-state index is -0.493. The van der Waals surface area contributed by atoms with Gasteiger partial charge in [0.2, 0.25) is 0 Å². The van der Waals surface area contributed by atoms with Crippen molar-refractivity contribution in [2.75, 3.05) is 26.8 Å². The van der Waals surface area contributed by atoms with Gasteiger partial charge in [-0.2, -0.15) is 0 Å². The number of methoxy groups -OCH3 is 1. The molecule has 0 atom stereocenters. The fraction of sp³-hybridized carbons (Fsp3) is 0.417. The number of esters is 1. The minimum absolute atomic E-state index is 0.0868. The van der Waals surface area contributed by atoms with Gasteiger partial charge < -0.3 is 14.5 Å². The van der Waals surface area contributed by atoms with Crippen molar-refractivity contribution >= 4 is 17.0 Å². The Bertz CT molecular complexity index is 973. The van der Waals surface area contributed by atoms with Crippen LogP contribution in [0.1, 0.15) is 31.2 Å². The van der Waals surface area contributed by atoms with Crippen LogP contribution in [0.4, 0.5) is 0 Å². The lowest BCUT2D eigenvalue weighted by Gasteiger charge is -2.39. The standard InChI is InChI=1S/C24H29N3O3/c1-3-30-23(28)24(16-18-7-6-8-19(15-18)29-2)11-13-27(14-12-24)17-22-25-20-9-4-5-10-21(20)26-22/h4-10,15H,3,11-14,16-17H2,1-2H3,(H,25,26). The van der Waals surface area contributed by atoms with Gasteiger partial charge >= 0.3 is 5.97 Å². The molecule has 2 aromatic carbocycles. The first kappa shape index (κ1) is 20.4. The molecule has 4 rings (SSSR count). The normalized spacial score (nSPS) is 16.5. The predicted octanol–water partition coefficient (Wildman–Crippen LogP) is 3.96. The van der Waals surface area contributed by atoms with E-state index in [2.05, 4.69) is 16.0 Å². The molecule has 0 bridgehead atoms. The van der Waals surface area contributed by atoms with E-state index in [-0.39, 0.29) is 5.97 Å². The van der Waals surface area contributed by atoms with E-state index >= 15 is 0 Å². The smallest absolute Gasteiger partial charge is 0.312 e. The molecule has 1 fully saturated rings. The number of nitrogens with zero attached hydrogens (tertiary/aromatic N) is 2. The molecule has 3 aromatic rings. The van der Waals surface area contributed by atoms with Crippen LogP contribution in [0.3, 0.4) is 0 Å². The first-order valence-corrected chi connectivity index (χ1v) is 10.6. The van der Waals surface area contributed by atoms with E-state index in [1.54, 1.807) is 7.11 Å². The number of aromatic nitrogens is 2. The summed E-state index contributed by atoms with van der Waals surface area (Å²) in [5.74, 6) is 1.69. The Morgan fingerprint density at radius 1 is 1.17 bits per heavy atom. The highest BCUT2D eigenvalue weighted by atomic mass is 16.5. The van der Waals surface area contributed by atoms with Crippen LogP contribution in [0, 0.1) is 5.41 Å². The highest BCUT2D eigenvalue weighted by Gasteiger charge is 2.42. The largest absolute Gasteiger partial charge is 0.497 e. The van der Waals surface area contributed by atoms with E-state index in [0.717, 1.165) is 60.6 Å². The highest BCUT2D eigenvalue weighted by Crippen LogP contribution is 2.37. The van der Waals surface area contributed by atoms with Crippen LogP contribution in [-0.4, -0.2) is 47.6 Å². The lowest BCUT2D eigenvalue weighted by Crippen LogP contribution is -2.46. The van der Waals surface area contributed by atoms with Crippen LogP contribution in [-0.2, 0) is 22.5 Å². The zero-order valence-electron chi connectivity index (χ0n) is 17.7. The summed E-state index contributed by atoms with van der Waals surface area (Å²) in [7, 11) is 1.66. The van der Waals surface area contributed by atoms with Crippen LogP contribution in [0.5, 0.6) is 5.75 Å². The topological polar surface area (TPSA) is 67.5 Å². The van der Waals surface area contributed by atoms with Gasteiger partial charge in [-0.3, -0.25) is 9.69 Å². The molecule has 158 valence electrons. The average Bonchev–Trinajstić information content (AvgIpc) is 3.18. The minimum Gasteiger partial charge on any atom is -0.497 e. The number of hydrogen-bond acceptors (Lipinski definition) is 5. The lowest BCUT2D eigenvalue weighted by atomic mass is 9.73. The second-order valence-corrected chi connectivity index (χ2v) is 8.01. The first-order chi connectivity index (χ1) is 14.6. The van der Waals surface area contributed by atoms with E-state index in [1.807, 2.05) is 49.4 Å². The number of aromatic amines is 1. The summed E-state index contributed by atoms with van der Waals surface area (Å²) in [5.41, 5.74) is 2.66. The summed E-state index contributed by atoms with van der Waals surface area (Å²) in [5, 5.41) is 0. The number of fused-ring (bicyclic) bond motifs is 1. The maximum Gasteiger partial charge on any atom is 0.312 e. The molecular formula is C24H29N3O3. The molecule has 1 aliphatic heterocycles. The summed E-state index contributed by atoms with van der Waals surface area (Å²) in [6, 6.07) is 16.1. The Morgan fingerprint density at radius 3 is 2.70 bits per heavy atom. The van der Waals surface area contributed by atoms with Gasteiger partial charge in [-0.05, 0) is 69.1 Å². The third-order valence-corrected chi connectivity index (χ3v) is 6.01. The second kappa shape index (κ2) is 8.88. The number of likely N-dealkylation sites (tertiary alicyclic amines) is 1. The van der Waals surface area contributed by atoms with Crippen molar-refractivity contribution in [2.24, 2.45) is 5.41 Å². The molecule has 0 amide bonds. The SMILES string of the molecule is CCOC(=O)C1(Cc2cccc(OC)c2)CCN(Cc2nc3ccccc3[nH]2)CC1. The fourth-order valence-corrected chi connectivity index (χ4v) is 4.34. The Kier molecular flexibility index (Phi) is 6.04. The molecule has 0 unspecified atom stereocenters. The number of benzene rings is 2. The Morgan fingerprint density at radius 2 is 1.97 bits per heavy atom. The van der Waals surface area contributed by atoms with E-state index in [9.17, 15) is 4.79 Å². The number of carbonyl (C=O) groups excluding carboxylic acids is 1. The number of imidazole rings is 1. The van der Waals surface area contributed by atoms with Gasteiger partial charge in [0.15, 0.2) is 0 Å².